The summed E-state index contributed by atoms with van der Waals surface area (Å²) >= 11 is 0. The Hall–Kier alpha value is -1.14. The molecule has 2 amide bonds. The van der Waals surface area contributed by atoms with E-state index in [1.807, 2.05) is 6.92 Å². The van der Waals surface area contributed by atoms with Gasteiger partial charge in [-0.2, -0.15) is 0 Å². The molecule has 1 heterocycles. The fraction of sp³-hybridized carbons (Fsp3) is 0.846. The second-order valence-corrected chi connectivity index (χ2v) is 4.78. The molecular formula is C13H25N3O3. The summed E-state index contributed by atoms with van der Waals surface area (Å²) in [5.41, 5.74) is 0. The first kappa shape index (κ1) is 15.9. The summed E-state index contributed by atoms with van der Waals surface area (Å²) in [6.07, 6.45) is 1.35. The number of nitrogens with zero attached hydrogens (tertiary/aromatic N) is 1. The molecule has 0 saturated carbocycles. The summed E-state index contributed by atoms with van der Waals surface area (Å²) in [6.45, 7) is 7.34. The second-order valence-electron chi connectivity index (χ2n) is 4.78. The van der Waals surface area contributed by atoms with Gasteiger partial charge in [-0.05, 0) is 13.3 Å². The third kappa shape index (κ3) is 6.54. The Morgan fingerprint density at radius 3 is 2.63 bits per heavy atom. The average Bonchev–Trinajstić information content (AvgIpc) is 2.45. The zero-order chi connectivity index (χ0) is 14.1. The van der Waals surface area contributed by atoms with E-state index in [1.165, 1.54) is 0 Å². The Morgan fingerprint density at radius 1 is 1.32 bits per heavy atom. The lowest BCUT2D eigenvalue weighted by Gasteiger charge is -2.26. The Labute approximate surface area is 114 Å². The van der Waals surface area contributed by atoms with Crippen LogP contribution in [0.15, 0.2) is 0 Å². The van der Waals surface area contributed by atoms with Gasteiger partial charge in [-0.1, -0.05) is 6.92 Å². The van der Waals surface area contributed by atoms with Gasteiger partial charge in [0.1, 0.15) is 0 Å². The van der Waals surface area contributed by atoms with Crippen LogP contribution in [0.3, 0.4) is 0 Å². The highest BCUT2D eigenvalue weighted by molar-refractivity contribution is 5.80. The lowest BCUT2D eigenvalue weighted by atomic mass is 10.2. The van der Waals surface area contributed by atoms with Gasteiger partial charge in [0, 0.05) is 32.1 Å². The van der Waals surface area contributed by atoms with Crippen LogP contribution in [0.4, 0.5) is 0 Å². The molecule has 1 unspecified atom stereocenters. The number of amides is 2. The van der Waals surface area contributed by atoms with Gasteiger partial charge in [0.2, 0.25) is 11.8 Å². The van der Waals surface area contributed by atoms with Crippen molar-refractivity contribution in [2.45, 2.75) is 32.7 Å². The maximum Gasteiger partial charge on any atom is 0.233 e. The minimum Gasteiger partial charge on any atom is -0.378 e. The average molecular weight is 271 g/mol. The van der Waals surface area contributed by atoms with Crippen LogP contribution >= 0.6 is 0 Å². The topological polar surface area (TPSA) is 70.7 Å². The van der Waals surface area contributed by atoms with Gasteiger partial charge < -0.3 is 20.3 Å². The van der Waals surface area contributed by atoms with Gasteiger partial charge in [-0.25, -0.2) is 0 Å². The molecule has 2 N–H and O–H groups in total. The van der Waals surface area contributed by atoms with Crippen LogP contribution in [0, 0.1) is 0 Å². The number of morpholine rings is 1. The highest BCUT2D eigenvalue weighted by Crippen LogP contribution is 1.99. The van der Waals surface area contributed by atoms with E-state index in [-0.39, 0.29) is 11.8 Å². The van der Waals surface area contributed by atoms with Crippen LogP contribution in [0.25, 0.3) is 0 Å². The molecule has 110 valence electrons. The fourth-order valence-electron chi connectivity index (χ4n) is 1.75. The Balaban J connectivity index is 2.08. The lowest BCUT2D eigenvalue weighted by molar-refractivity contribution is -0.135. The van der Waals surface area contributed by atoms with Crippen molar-refractivity contribution in [2.24, 2.45) is 0 Å². The molecule has 1 rings (SSSR count). The van der Waals surface area contributed by atoms with E-state index in [4.69, 9.17) is 4.74 Å². The third-order valence-electron chi connectivity index (χ3n) is 3.25. The Bertz CT molecular complexity index is 291. The second kappa shape index (κ2) is 8.87. The van der Waals surface area contributed by atoms with Crippen molar-refractivity contribution in [3.63, 3.8) is 0 Å². The molecule has 0 aromatic carbocycles. The third-order valence-corrected chi connectivity index (χ3v) is 3.25. The van der Waals surface area contributed by atoms with Gasteiger partial charge >= 0.3 is 0 Å². The van der Waals surface area contributed by atoms with Gasteiger partial charge in [0.25, 0.3) is 0 Å². The maximum atomic E-state index is 11.8. The molecule has 0 radical (unpaired) electrons. The van der Waals surface area contributed by atoms with Crippen molar-refractivity contribution < 1.29 is 14.3 Å². The van der Waals surface area contributed by atoms with Crippen molar-refractivity contribution >= 4 is 11.8 Å². The summed E-state index contributed by atoms with van der Waals surface area (Å²) in [5, 5.41) is 5.86. The molecule has 0 bridgehead atoms. The number of hydrogen-bond donors (Lipinski definition) is 2. The number of hydrogen-bond acceptors (Lipinski definition) is 4. The van der Waals surface area contributed by atoms with Gasteiger partial charge in [-0.15, -0.1) is 0 Å². The first-order valence-electron chi connectivity index (χ1n) is 6.99. The molecule has 1 aliphatic heterocycles. The molecule has 1 aliphatic rings. The van der Waals surface area contributed by atoms with E-state index in [0.29, 0.717) is 51.9 Å². The zero-order valence-electron chi connectivity index (χ0n) is 11.9. The van der Waals surface area contributed by atoms with Crippen molar-refractivity contribution in [2.75, 3.05) is 39.4 Å². The predicted octanol–water partition coefficient (Wildman–Crippen LogP) is -0.260. The minimum absolute atomic E-state index is 0.0601. The molecule has 6 nitrogen and oxygen atoms in total. The molecule has 6 heteroatoms. The highest BCUT2D eigenvalue weighted by atomic mass is 16.5. The lowest BCUT2D eigenvalue weighted by Crippen LogP contribution is -2.43. The molecule has 0 aromatic rings. The molecule has 1 atom stereocenters. The smallest absolute Gasteiger partial charge is 0.233 e. The molecule has 1 saturated heterocycles. The van der Waals surface area contributed by atoms with Gasteiger partial charge in [-0.3, -0.25) is 9.59 Å². The van der Waals surface area contributed by atoms with Crippen molar-refractivity contribution in [1.82, 2.24) is 15.5 Å². The number of nitrogens with one attached hydrogen (secondary N) is 2. The van der Waals surface area contributed by atoms with Crippen LogP contribution in [0.2, 0.25) is 0 Å². The van der Waals surface area contributed by atoms with Crippen LogP contribution in [-0.4, -0.2) is 62.1 Å². The van der Waals surface area contributed by atoms with Crippen molar-refractivity contribution in [3.8, 4) is 0 Å². The van der Waals surface area contributed by atoms with E-state index < -0.39 is 0 Å². The largest absolute Gasteiger partial charge is 0.378 e. The molecule has 19 heavy (non-hydrogen) atoms. The SMILES string of the molecule is CCC(C)NCC(=O)NCCC(=O)N1CCOCC1. The summed E-state index contributed by atoms with van der Waals surface area (Å²) in [6, 6.07) is 0.334. The van der Waals surface area contributed by atoms with E-state index in [9.17, 15) is 9.59 Å². The summed E-state index contributed by atoms with van der Waals surface area (Å²) in [5.74, 6) is 0.0218. The number of carbonyl (C=O) groups is 2. The van der Waals surface area contributed by atoms with Crippen molar-refractivity contribution in [1.29, 1.82) is 0 Å². The van der Waals surface area contributed by atoms with Gasteiger partial charge in [0.05, 0.1) is 19.8 Å². The first-order valence-corrected chi connectivity index (χ1v) is 6.99. The molecule has 0 spiro atoms. The normalized spacial score (nSPS) is 17.1. The van der Waals surface area contributed by atoms with E-state index in [0.717, 1.165) is 6.42 Å². The number of carbonyl (C=O) groups excluding carboxylic acids is 2. The fourth-order valence-corrected chi connectivity index (χ4v) is 1.75. The molecule has 0 aromatic heterocycles. The number of ether oxygens (including phenoxy) is 1. The standard InChI is InChI=1S/C13H25N3O3/c1-3-11(2)15-10-12(17)14-5-4-13(18)16-6-8-19-9-7-16/h11,15H,3-10H2,1-2H3,(H,14,17). The monoisotopic (exact) mass is 271 g/mol. The van der Waals surface area contributed by atoms with Gasteiger partial charge in [0.15, 0.2) is 0 Å². The first-order chi connectivity index (χ1) is 9.13. The van der Waals surface area contributed by atoms with Crippen LogP contribution in [0.5, 0.6) is 0 Å². The van der Waals surface area contributed by atoms with Crippen LogP contribution in [-0.2, 0) is 14.3 Å². The maximum absolute atomic E-state index is 11.8. The summed E-state index contributed by atoms with van der Waals surface area (Å²) in [7, 11) is 0. The highest BCUT2D eigenvalue weighted by Gasteiger charge is 2.16. The van der Waals surface area contributed by atoms with E-state index in [1.54, 1.807) is 4.90 Å². The summed E-state index contributed by atoms with van der Waals surface area (Å²) < 4.78 is 5.19. The molecule has 0 aliphatic carbocycles. The van der Waals surface area contributed by atoms with Crippen LogP contribution < -0.4 is 10.6 Å². The van der Waals surface area contributed by atoms with Crippen molar-refractivity contribution in [3.05, 3.63) is 0 Å². The van der Waals surface area contributed by atoms with E-state index in [2.05, 4.69) is 17.6 Å². The molecular weight excluding hydrogens is 246 g/mol. The minimum atomic E-state index is -0.0601. The quantitative estimate of drug-likeness (QED) is 0.669. The zero-order valence-corrected chi connectivity index (χ0v) is 11.9. The number of rotatable bonds is 7. The predicted molar refractivity (Wildman–Crippen MR) is 72.8 cm³/mol. The summed E-state index contributed by atoms with van der Waals surface area (Å²) in [4.78, 5) is 25.1. The Morgan fingerprint density at radius 2 is 2.00 bits per heavy atom. The van der Waals surface area contributed by atoms with E-state index >= 15 is 0 Å². The Kier molecular flexibility index (Phi) is 7.43. The van der Waals surface area contributed by atoms with Crippen LogP contribution in [0.1, 0.15) is 26.7 Å². The molecule has 1 fully saturated rings.